The van der Waals surface area contributed by atoms with Crippen LogP contribution in [-0.4, -0.2) is 34.6 Å². The highest BCUT2D eigenvalue weighted by molar-refractivity contribution is 8.00. The molecule has 3 aromatic carbocycles. The Hall–Kier alpha value is -4.36. The predicted molar refractivity (Wildman–Crippen MR) is 151 cm³/mol. The number of carbonyl (C=O) groups is 3. The van der Waals surface area contributed by atoms with Crippen LogP contribution in [0.2, 0.25) is 0 Å². The average Bonchev–Trinajstić information content (AvgIpc) is 3.46. The number of hydrogen-bond donors (Lipinski definition) is 2. The zero-order valence-electron chi connectivity index (χ0n) is 21.4. The highest BCUT2D eigenvalue weighted by atomic mass is 32.2. The predicted octanol–water partition coefficient (Wildman–Crippen LogP) is 5.27. The molecule has 3 atom stereocenters. The van der Waals surface area contributed by atoms with Crippen molar-refractivity contribution >= 4 is 52.2 Å². The summed E-state index contributed by atoms with van der Waals surface area (Å²) >= 11 is 2.12. The number of H-pyrrole nitrogens is 1. The van der Waals surface area contributed by atoms with E-state index >= 15 is 0 Å². The molecule has 2 aliphatic heterocycles. The summed E-state index contributed by atoms with van der Waals surface area (Å²) in [7, 11) is 0. The zero-order chi connectivity index (χ0) is 29.6. The van der Waals surface area contributed by atoms with Crippen molar-refractivity contribution in [2.45, 2.75) is 22.4 Å². The lowest BCUT2D eigenvalue weighted by Crippen LogP contribution is -2.32. The first kappa shape index (κ1) is 27.8. The molecule has 0 aliphatic carbocycles. The van der Waals surface area contributed by atoms with E-state index in [0.717, 1.165) is 35.2 Å². The van der Waals surface area contributed by atoms with Crippen LogP contribution in [0.5, 0.6) is 5.75 Å². The van der Waals surface area contributed by atoms with Crippen LogP contribution in [0.1, 0.15) is 21.9 Å². The third-order valence-electron chi connectivity index (χ3n) is 6.93. The summed E-state index contributed by atoms with van der Waals surface area (Å²) in [4.78, 5) is 56.3. The van der Waals surface area contributed by atoms with E-state index < -0.39 is 47.2 Å². The number of amides is 3. The molecule has 6 rings (SSSR count). The molecular weight excluding hydrogens is 591 g/mol. The largest absolute Gasteiger partial charge is 0.484 e. The lowest BCUT2D eigenvalue weighted by atomic mass is 9.83. The van der Waals surface area contributed by atoms with Gasteiger partial charge in [0.1, 0.15) is 11.0 Å². The van der Waals surface area contributed by atoms with Crippen LogP contribution in [0.25, 0.3) is 0 Å². The normalized spacial score (nSPS) is 19.8. The number of rotatable bonds is 6. The van der Waals surface area contributed by atoms with Crippen molar-refractivity contribution in [3.8, 4) is 5.75 Å². The monoisotopic (exact) mass is 611 g/mol. The number of para-hydroxylation sites is 2. The number of hydrogen-bond acceptors (Lipinski definition) is 7. The van der Waals surface area contributed by atoms with Gasteiger partial charge < -0.3 is 15.0 Å². The summed E-state index contributed by atoms with van der Waals surface area (Å²) in [6, 6.07) is 19.8. The van der Waals surface area contributed by atoms with E-state index in [1.807, 2.05) is 0 Å². The summed E-state index contributed by atoms with van der Waals surface area (Å²) in [5.74, 6) is -2.81. The highest BCUT2D eigenvalue weighted by Gasteiger charge is 2.56. The van der Waals surface area contributed by atoms with Crippen molar-refractivity contribution in [2.24, 2.45) is 5.92 Å². The number of imide groups is 1. The maximum absolute atomic E-state index is 13.8. The number of benzene rings is 3. The van der Waals surface area contributed by atoms with Gasteiger partial charge in [-0.3, -0.25) is 19.2 Å². The topological polar surface area (TPSA) is 109 Å². The van der Waals surface area contributed by atoms with Crippen LogP contribution in [0.15, 0.2) is 88.7 Å². The molecule has 42 heavy (non-hydrogen) atoms. The molecule has 3 heterocycles. The summed E-state index contributed by atoms with van der Waals surface area (Å²) in [6.45, 7) is -0.579. The van der Waals surface area contributed by atoms with Crippen molar-refractivity contribution in [1.82, 2.24) is 4.98 Å². The lowest BCUT2D eigenvalue weighted by Gasteiger charge is -2.30. The second-order valence-corrected chi connectivity index (χ2v) is 11.7. The second kappa shape index (κ2) is 10.8. The summed E-state index contributed by atoms with van der Waals surface area (Å²) in [5.41, 5.74) is -0.335. The summed E-state index contributed by atoms with van der Waals surface area (Å²) < 4.78 is 45.5. The molecule has 2 N–H and O–H groups in total. The molecule has 13 heteroatoms. The van der Waals surface area contributed by atoms with Crippen LogP contribution >= 0.6 is 23.1 Å². The first-order valence-corrected chi connectivity index (χ1v) is 14.3. The molecule has 1 saturated heterocycles. The van der Waals surface area contributed by atoms with Crippen LogP contribution in [0.3, 0.4) is 0 Å². The number of ether oxygens (including phenoxy) is 1. The second-order valence-electron chi connectivity index (χ2n) is 9.55. The summed E-state index contributed by atoms with van der Waals surface area (Å²) in [5, 5.41) is 1.97. The number of halogens is 3. The van der Waals surface area contributed by atoms with E-state index in [1.165, 1.54) is 17.0 Å². The van der Waals surface area contributed by atoms with Crippen LogP contribution in [0, 0.1) is 5.92 Å². The molecule has 0 bridgehead atoms. The quantitative estimate of drug-likeness (QED) is 0.288. The number of aromatic nitrogens is 1. The Bertz CT molecular complexity index is 1750. The number of carbonyl (C=O) groups excluding carboxylic acids is 3. The molecule has 0 saturated carbocycles. The molecule has 1 aromatic heterocycles. The fourth-order valence-corrected chi connectivity index (χ4v) is 7.70. The minimum absolute atomic E-state index is 0.225. The molecule has 3 unspecified atom stereocenters. The molecule has 8 nitrogen and oxygen atoms in total. The van der Waals surface area contributed by atoms with E-state index in [2.05, 4.69) is 10.3 Å². The van der Waals surface area contributed by atoms with Crippen LogP contribution in [-0.2, 0) is 20.6 Å². The Kier molecular flexibility index (Phi) is 7.15. The van der Waals surface area contributed by atoms with Gasteiger partial charge in [-0.1, -0.05) is 65.6 Å². The van der Waals surface area contributed by atoms with E-state index in [1.54, 1.807) is 54.6 Å². The summed E-state index contributed by atoms with van der Waals surface area (Å²) in [6.07, 6.45) is -4.65. The van der Waals surface area contributed by atoms with Crippen LogP contribution < -0.4 is 19.8 Å². The number of thiazole rings is 1. The van der Waals surface area contributed by atoms with Gasteiger partial charge in [0, 0.05) is 10.8 Å². The molecule has 0 radical (unpaired) electrons. The van der Waals surface area contributed by atoms with Gasteiger partial charge in [0.15, 0.2) is 6.61 Å². The minimum atomic E-state index is -4.65. The Labute approximate surface area is 244 Å². The molecule has 0 spiro atoms. The smallest absolute Gasteiger partial charge is 0.418 e. The number of fused-ring (bicyclic) bond motifs is 2. The Morgan fingerprint density at radius 3 is 2.45 bits per heavy atom. The molecule has 2 aliphatic rings. The first-order chi connectivity index (χ1) is 20.1. The Morgan fingerprint density at radius 1 is 0.952 bits per heavy atom. The van der Waals surface area contributed by atoms with Gasteiger partial charge in [-0.25, -0.2) is 4.90 Å². The van der Waals surface area contributed by atoms with E-state index in [-0.39, 0.29) is 22.2 Å². The van der Waals surface area contributed by atoms with Gasteiger partial charge in [0.2, 0.25) is 11.8 Å². The third-order valence-corrected chi connectivity index (χ3v) is 9.33. The van der Waals surface area contributed by atoms with Gasteiger partial charge in [-0.15, -0.1) is 0 Å². The number of alkyl halides is 3. The first-order valence-electron chi connectivity index (χ1n) is 12.6. The highest BCUT2D eigenvalue weighted by Crippen LogP contribution is 2.53. The van der Waals surface area contributed by atoms with E-state index in [9.17, 15) is 32.3 Å². The van der Waals surface area contributed by atoms with Gasteiger partial charge in [-0.2, -0.15) is 13.2 Å². The molecule has 4 aromatic rings. The van der Waals surface area contributed by atoms with Gasteiger partial charge in [-0.05, 0) is 42.0 Å². The Balaban J connectivity index is 1.27. The fourth-order valence-electron chi connectivity index (χ4n) is 5.18. The zero-order valence-corrected chi connectivity index (χ0v) is 23.0. The maximum atomic E-state index is 13.8. The number of nitrogens with one attached hydrogen (secondary N) is 2. The number of aromatic amines is 1. The SMILES string of the molecule is O=C(COc1cccc(C2c3sc(=O)[nH]c3SC3C(=O)N(c4ccccc4)C(=O)C32)c1)Nc1ccccc1C(F)(F)F. The van der Waals surface area contributed by atoms with Crippen LogP contribution in [0.4, 0.5) is 24.5 Å². The average molecular weight is 612 g/mol. The minimum Gasteiger partial charge on any atom is -0.484 e. The number of nitrogens with zero attached hydrogens (tertiary/aromatic N) is 1. The fraction of sp³-hybridized carbons (Fsp3) is 0.172. The molecular formula is C29H20F3N3O5S2. The van der Waals surface area contributed by atoms with Crippen molar-refractivity contribution in [3.63, 3.8) is 0 Å². The van der Waals surface area contributed by atoms with Crippen molar-refractivity contribution in [3.05, 3.63) is 105 Å². The maximum Gasteiger partial charge on any atom is 0.418 e. The molecule has 3 amide bonds. The van der Waals surface area contributed by atoms with Crippen molar-refractivity contribution < 1.29 is 32.3 Å². The van der Waals surface area contributed by atoms with Crippen molar-refractivity contribution in [2.75, 3.05) is 16.8 Å². The number of thioether (sulfide) groups is 1. The number of anilines is 2. The molecule has 1 fully saturated rings. The third kappa shape index (κ3) is 5.09. The standard InChI is InChI=1S/C29H20F3N3O5S2/c30-29(31,32)18-11-4-5-12-19(18)33-20(36)14-40-17-10-6-7-15(13-17)21-22-24(41-25-23(21)42-28(39)34-25)27(38)35(26(22)37)16-8-2-1-3-9-16/h1-13,21-22,24H,14H2,(H,33,36)(H,34,39). The Morgan fingerprint density at radius 2 is 1.69 bits per heavy atom. The molecule has 214 valence electrons. The van der Waals surface area contributed by atoms with E-state index in [4.69, 9.17) is 4.74 Å². The lowest BCUT2D eigenvalue weighted by molar-refractivity contribution is -0.137. The van der Waals surface area contributed by atoms with Gasteiger partial charge in [0.25, 0.3) is 5.91 Å². The van der Waals surface area contributed by atoms with Crippen molar-refractivity contribution in [1.29, 1.82) is 0 Å². The van der Waals surface area contributed by atoms with Gasteiger partial charge in [0.05, 0.1) is 27.9 Å². The van der Waals surface area contributed by atoms with E-state index in [0.29, 0.717) is 21.2 Å². The van der Waals surface area contributed by atoms with Gasteiger partial charge >= 0.3 is 11.0 Å².